The van der Waals surface area contributed by atoms with E-state index in [1.807, 2.05) is 0 Å². The van der Waals surface area contributed by atoms with E-state index in [1.165, 1.54) is 271 Å². The van der Waals surface area contributed by atoms with E-state index >= 15 is 0 Å². The molecule has 6 aliphatic rings. The maximum Gasteiger partial charge on any atom is 0.305 e. The molecule has 2 unspecified atom stereocenters. The van der Waals surface area contributed by atoms with E-state index in [1.54, 1.807) is 14.2 Å². The monoisotopic (exact) mass is 1290 g/mol. The van der Waals surface area contributed by atoms with E-state index in [4.69, 9.17) is 18.9 Å². The molecule has 0 heterocycles. The van der Waals surface area contributed by atoms with E-state index in [9.17, 15) is 19.2 Å². The number of hydrogen-bond donors (Lipinski definition) is 0. The second-order valence-electron chi connectivity index (χ2n) is 34.9. The Morgan fingerprint density at radius 2 is 0.576 bits per heavy atom. The van der Waals surface area contributed by atoms with Gasteiger partial charge in [-0.2, -0.15) is 0 Å². The first-order valence-corrected chi connectivity index (χ1v) is 40.6. The third kappa shape index (κ3) is 29.1. The van der Waals surface area contributed by atoms with Gasteiger partial charge in [0, 0.05) is 25.7 Å². The van der Waals surface area contributed by atoms with Crippen molar-refractivity contribution in [2.45, 2.75) is 351 Å². The van der Waals surface area contributed by atoms with Crippen LogP contribution in [0.5, 0.6) is 0 Å². The van der Waals surface area contributed by atoms with Gasteiger partial charge in [0.05, 0.1) is 28.4 Å². The molecule has 6 aliphatic carbocycles. The van der Waals surface area contributed by atoms with Crippen LogP contribution in [0.4, 0.5) is 0 Å². The van der Waals surface area contributed by atoms with Crippen LogP contribution in [0.3, 0.4) is 0 Å². The minimum atomic E-state index is -0.0627. The molecule has 0 aromatic heterocycles. The van der Waals surface area contributed by atoms with E-state index in [0.29, 0.717) is 49.4 Å². The predicted molar refractivity (Wildman–Crippen MR) is 383 cm³/mol. The Morgan fingerprint density at radius 3 is 0.946 bits per heavy atom. The summed E-state index contributed by atoms with van der Waals surface area (Å²) in [6.45, 7) is 20.0. The minimum Gasteiger partial charge on any atom is -0.469 e. The van der Waals surface area contributed by atoms with Gasteiger partial charge in [-0.1, -0.05) is 222 Å². The molecule has 92 heavy (non-hydrogen) atoms. The summed E-state index contributed by atoms with van der Waals surface area (Å²) < 4.78 is 20.0. The van der Waals surface area contributed by atoms with Crippen molar-refractivity contribution in [3.8, 4) is 0 Å². The lowest BCUT2D eigenvalue weighted by Crippen LogP contribution is -2.14. The first kappa shape index (κ1) is 78.9. The van der Waals surface area contributed by atoms with Crippen LogP contribution in [0, 0.1) is 130 Å². The van der Waals surface area contributed by atoms with Crippen molar-refractivity contribution in [3.05, 3.63) is 0 Å². The maximum atomic E-state index is 12.1. The molecule has 534 valence electrons. The molecule has 0 bridgehead atoms. The first-order valence-electron chi connectivity index (χ1n) is 40.6. The van der Waals surface area contributed by atoms with E-state index < -0.39 is 0 Å². The molecule has 0 spiro atoms. The second kappa shape index (κ2) is 43.3. The number of hydrogen-bond acceptors (Lipinski definition) is 8. The predicted octanol–water partition coefficient (Wildman–Crippen LogP) is 23.4. The zero-order valence-electron chi connectivity index (χ0n) is 62.5. The molecule has 22 atom stereocenters. The van der Waals surface area contributed by atoms with Gasteiger partial charge < -0.3 is 18.9 Å². The van der Waals surface area contributed by atoms with Crippen LogP contribution in [0.15, 0.2) is 0 Å². The van der Waals surface area contributed by atoms with Gasteiger partial charge in [-0.25, -0.2) is 0 Å². The van der Waals surface area contributed by atoms with Crippen molar-refractivity contribution in [3.63, 3.8) is 0 Å². The van der Waals surface area contributed by atoms with Crippen LogP contribution < -0.4 is 0 Å². The van der Waals surface area contributed by atoms with Crippen molar-refractivity contribution in [2.24, 2.45) is 130 Å². The van der Waals surface area contributed by atoms with Crippen LogP contribution in [0.1, 0.15) is 351 Å². The third-order valence-corrected chi connectivity index (χ3v) is 27.8. The molecule has 6 rings (SSSR count). The molecule has 0 aromatic rings. The third-order valence-electron chi connectivity index (χ3n) is 27.8. The van der Waals surface area contributed by atoms with Gasteiger partial charge in [-0.05, 0) is 233 Å². The number of rotatable bonds is 47. The van der Waals surface area contributed by atoms with Crippen LogP contribution in [0.2, 0.25) is 0 Å². The normalized spacial score (nSPS) is 29.9. The van der Waals surface area contributed by atoms with Crippen LogP contribution >= 0.6 is 0 Å². The van der Waals surface area contributed by atoms with Gasteiger partial charge in [-0.15, -0.1) is 0 Å². The minimum absolute atomic E-state index is 0.0149. The molecule has 6 fully saturated rings. The molecule has 0 aliphatic heterocycles. The Bertz CT molecular complexity index is 2020. The summed E-state index contributed by atoms with van der Waals surface area (Å²) in [6.07, 6.45) is 59.9. The second-order valence-corrected chi connectivity index (χ2v) is 34.9. The zero-order chi connectivity index (χ0) is 66.4. The number of ether oxygens (including phenoxy) is 4. The number of methoxy groups -OCH3 is 4. The number of esters is 4. The fraction of sp³-hybridized carbons (Fsp3) is 0.952. The van der Waals surface area contributed by atoms with Crippen molar-refractivity contribution in [2.75, 3.05) is 28.4 Å². The summed E-state index contributed by atoms with van der Waals surface area (Å²) >= 11 is 0. The Kier molecular flexibility index (Phi) is 37.1. The summed E-state index contributed by atoms with van der Waals surface area (Å²) in [5, 5.41) is 0. The Labute approximate surface area is 568 Å². The lowest BCUT2D eigenvalue weighted by Gasteiger charge is -2.26. The topological polar surface area (TPSA) is 105 Å². The van der Waals surface area contributed by atoms with Gasteiger partial charge in [0.2, 0.25) is 0 Å². The molecule has 6 saturated carbocycles. The molecular formula is C84H150O8. The zero-order valence-corrected chi connectivity index (χ0v) is 62.5. The molecule has 0 saturated heterocycles. The van der Waals surface area contributed by atoms with Gasteiger partial charge in [0.25, 0.3) is 0 Å². The molecule has 0 N–H and O–H groups in total. The van der Waals surface area contributed by atoms with Crippen molar-refractivity contribution in [1.82, 2.24) is 0 Å². The van der Waals surface area contributed by atoms with Crippen LogP contribution in [-0.4, -0.2) is 52.3 Å². The number of carbonyl (C=O) groups excluding carboxylic acids is 4. The van der Waals surface area contributed by atoms with Crippen LogP contribution in [-0.2, 0) is 38.1 Å². The largest absolute Gasteiger partial charge is 0.469 e. The Morgan fingerprint density at radius 1 is 0.283 bits per heavy atom. The summed E-state index contributed by atoms with van der Waals surface area (Å²) in [5.74, 6) is 17.2. The highest BCUT2D eigenvalue weighted by atomic mass is 16.5. The standard InChI is InChI=1S/C84H150O8/c1-59(19-13-23-63(5)73-41-37-69(51-73)29-15-21-61(3)49-81(85)89-9)31-34-68(28-18-26-66(8)76-46-48-80(58-76)78-44-40-72(54-78)56-84(88)92-12)36-35-67(27-17-25-64(6)74-42-38-70(52-74)30-16-22-62(4)50-82(86)90-10)33-32-60(2)20-14-24-65(7)75-45-47-79(57-75)77-43-39-71(53-77)55-83(87)91-11/h59-80H,13-58H2,1-12H3/t59-,60-,61+,62+,63+,64+,65+,66+,67-,68-,69-,70-,71-,72-,73-,74-,75-,76-,77?,78?,79-,80-/m0/s1. The molecular weight excluding hydrogens is 1140 g/mol. The van der Waals surface area contributed by atoms with Gasteiger partial charge >= 0.3 is 23.9 Å². The Balaban J connectivity index is 1.00. The lowest BCUT2D eigenvalue weighted by atomic mass is 9.79. The summed E-state index contributed by atoms with van der Waals surface area (Å²) in [4.78, 5) is 47.8. The Hall–Kier alpha value is -2.12. The van der Waals surface area contributed by atoms with E-state index in [0.717, 1.165) is 119 Å². The average molecular weight is 1290 g/mol. The number of carbonyl (C=O) groups is 4. The molecule has 0 aromatic carbocycles. The highest BCUT2D eigenvalue weighted by Crippen LogP contribution is 2.50. The fourth-order valence-corrected chi connectivity index (χ4v) is 21.0. The van der Waals surface area contributed by atoms with Crippen LogP contribution in [0.25, 0.3) is 0 Å². The molecule has 8 nitrogen and oxygen atoms in total. The van der Waals surface area contributed by atoms with Crippen molar-refractivity contribution < 1.29 is 38.1 Å². The highest BCUT2D eigenvalue weighted by Gasteiger charge is 2.40. The average Bonchev–Trinajstić information content (AvgIpc) is 2.66. The van der Waals surface area contributed by atoms with Crippen molar-refractivity contribution in [1.29, 1.82) is 0 Å². The molecule has 0 radical (unpaired) electrons. The molecule has 0 amide bonds. The molecule has 8 heteroatoms. The highest BCUT2D eigenvalue weighted by molar-refractivity contribution is 5.70. The van der Waals surface area contributed by atoms with Gasteiger partial charge in [-0.3, -0.25) is 19.2 Å². The van der Waals surface area contributed by atoms with Crippen molar-refractivity contribution >= 4 is 23.9 Å². The fourth-order valence-electron chi connectivity index (χ4n) is 21.0. The quantitative estimate of drug-likeness (QED) is 0.0438. The first-order chi connectivity index (χ1) is 44.3. The summed E-state index contributed by atoms with van der Waals surface area (Å²) in [5.41, 5.74) is 0. The van der Waals surface area contributed by atoms with E-state index in [2.05, 4.69) is 55.4 Å². The smallest absolute Gasteiger partial charge is 0.305 e. The van der Waals surface area contributed by atoms with Gasteiger partial charge in [0.1, 0.15) is 0 Å². The SMILES string of the molecule is COC(=O)C[C@H](C)CCC[C@H]1CC[C@H]([C@H](C)CCC[C@H](C)CC[C@H](CCC[C@@H](C)[C@H]2CC[C@H](C3CC[C@H](CC(=O)OC)C3)C2)CC[C@@H](CCC[C@@H](C)[C@H]2CC[C@H](CCC[C@@H](C)CC(=O)OC)C2)CC[C@@H](C)CCC[C@@H](C)[C@H]2CC[C@H](C3CC[C@H](CC(=O)OC)C3)C2)C1. The maximum absolute atomic E-state index is 12.1. The lowest BCUT2D eigenvalue weighted by molar-refractivity contribution is -0.142. The van der Waals surface area contributed by atoms with E-state index in [-0.39, 0.29) is 23.9 Å². The summed E-state index contributed by atoms with van der Waals surface area (Å²) in [7, 11) is 6.12. The van der Waals surface area contributed by atoms with Gasteiger partial charge in [0.15, 0.2) is 0 Å². The summed E-state index contributed by atoms with van der Waals surface area (Å²) in [6, 6.07) is 0.